The summed E-state index contributed by atoms with van der Waals surface area (Å²) < 4.78 is 0. The van der Waals surface area contributed by atoms with Gasteiger partial charge in [-0.05, 0) is 44.7 Å². The van der Waals surface area contributed by atoms with Gasteiger partial charge in [-0.15, -0.1) is 0 Å². The molecule has 5 heteroatoms. The lowest BCUT2D eigenvalue weighted by Crippen LogP contribution is -2.45. The molecule has 2 heterocycles. The van der Waals surface area contributed by atoms with Crippen molar-refractivity contribution in [2.45, 2.75) is 38.7 Å². The monoisotopic (exact) mass is 306 g/mol. The maximum atomic E-state index is 12.4. The minimum Gasteiger partial charge on any atom is -0.390 e. The Morgan fingerprint density at radius 3 is 2.18 bits per heavy atom. The predicted octanol–water partition coefficient (Wildman–Crippen LogP) is 1.03. The number of aliphatic hydroxyl groups excluding tert-OH is 1. The fourth-order valence-corrected chi connectivity index (χ4v) is 3.86. The number of hydrogen-bond acceptors (Lipinski definition) is 4. The summed E-state index contributed by atoms with van der Waals surface area (Å²) >= 11 is 0. The van der Waals surface area contributed by atoms with Crippen LogP contribution in [-0.2, 0) is 9.59 Å². The average molecular weight is 306 g/mol. The molecule has 2 amide bonds. The van der Waals surface area contributed by atoms with Crippen molar-refractivity contribution in [1.82, 2.24) is 9.80 Å². The fraction of sp³-hybridized carbons (Fsp3) is 0.765. The molecule has 0 aromatic carbocycles. The number of hydrogen-bond donors (Lipinski definition) is 1. The molecule has 5 nitrogen and oxygen atoms in total. The van der Waals surface area contributed by atoms with Gasteiger partial charge in [-0.3, -0.25) is 14.5 Å². The standard InChI is InChI=1S/C17H26N2O3/c1-12-6-8-18(9-7-12)10-13(20)11-19-16(21)14-4-2-3-5-15(14)17(19)22/h2-3,12-15,20H,4-11H2,1H3/t13-,14-,15+/m1/s1. The van der Waals surface area contributed by atoms with Crippen LogP contribution >= 0.6 is 0 Å². The zero-order valence-electron chi connectivity index (χ0n) is 13.3. The van der Waals surface area contributed by atoms with Gasteiger partial charge in [-0.2, -0.15) is 0 Å². The summed E-state index contributed by atoms with van der Waals surface area (Å²) in [6, 6.07) is 0. The third-order valence-electron chi connectivity index (χ3n) is 5.34. The van der Waals surface area contributed by atoms with Crippen molar-refractivity contribution in [2.75, 3.05) is 26.2 Å². The van der Waals surface area contributed by atoms with Gasteiger partial charge in [-0.1, -0.05) is 19.1 Å². The molecule has 3 atom stereocenters. The lowest BCUT2D eigenvalue weighted by molar-refractivity contribution is -0.141. The second-order valence-corrected chi connectivity index (χ2v) is 7.08. The Kier molecular flexibility index (Phi) is 4.64. The summed E-state index contributed by atoms with van der Waals surface area (Å²) in [6.07, 6.45) is 6.96. The van der Waals surface area contributed by atoms with Crippen molar-refractivity contribution in [2.24, 2.45) is 17.8 Å². The first kappa shape index (κ1) is 15.7. The number of β-amino-alcohol motifs (C(OH)–C–C–N with tert-alkyl or cyclic N) is 1. The Bertz CT molecular complexity index is 443. The summed E-state index contributed by atoms with van der Waals surface area (Å²) in [5.41, 5.74) is 0. The average Bonchev–Trinajstić information content (AvgIpc) is 2.75. The molecule has 0 spiro atoms. The van der Waals surface area contributed by atoms with E-state index in [1.165, 1.54) is 4.90 Å². The smallest absolute Gasteiger partial charge is 0.233 e. The van der Waals surface area contributed by atoms with Crippen molar-refractivity contribution in [3.05, 3.63) is 12.2 Å². The van der Waals surface area contributed by atoms with Crippen molar-refractivity contribution in [3.8, 4) is 0 Å². The Labute approximate surface area is 132 Å². The molecule has 2 saturated heterocycles. The first-order valence-corrected chi connectivity index (χ1v) is 8.47. The lowest BCUT2D eigenvalue weighted by Gasteiger charge is -2.32. The zero-order chi connectivity index (χ0) is 15.7. The number of nitrogens with zero attached hydrogens (tertiary/aromatic N) is 2. The van der Waals surface area contributed by atoms with E-state index in [4.69, 9.17) is 0 Å². The van der Waals surface area contributed by atoms with Crippen LogP contribution in [0.5, 0.6) is 0 Å². The predicted molar refractivity (Wildman–Crippen MR) is 82.9 cm³/mol. The molecule has 1 N–H and O–H groups in total. The number of aliphatic hydroxyl groups is 1. The first-order chi connectivity index (χ1) is 10.6. The summed E-state index contributed by atoms with van der Waals surface area (Å²) in [5.74, 6) is 0.183. The summed E-state index contributed by atoms with van der Waals surface area (Å²) in [7, 11) is 0. The van der Waals surface area contributed by atoms with Crippen LogP contribution in [0.1, 0.15) is 32.6 Å². The van der Waals surface area contributed by atoms with Crippen LogP contribution in [0.4, 0.5) is 0 Å². The van der Waals surface area contributed by atoms with Gasteiger partial charge in [0.1, 0.15) is 0 Å². The fourth-order valence-electron chi connectivity index (χ4n) is 3.86. The molecule has 3 rings (SSSR count). The van der Waals surface area contributed by atoms with Gasteiger partial charge in [0.2, 0.25) is 11.8 Å². The Morgan fingerprint density at radius 1 is 1.09 bits per heavy atom. The molecule has 0 saturated carbocycles. The van der Waals surface area contributed by atoms with Gasteiger partial charge in [0.25, 0.3) is 0 Å². The molecule has 0 bridgehead atoms. The van der Waals surface area contributed by atoms with Crippen molar-refractivity contribution >= 4 is 11.8 Å². The molecule has 0 unspecified atom stereocenters. The largest absolute Gasteiger partial charge is 0.390 e. The molecular weight excluding hydrogens is 280 g/mol. The van der Waals surface area contributed by atoms with Gasteiger partial charge < -0.3 is 10.0 Å². The highest BCUT2D eigenvalue weighted by Gasteiger charge is 2.47. The highest BCUT2D eigenvalue weighted by molar-refractivity contribution is 6.05. The van der Waals surface area contributed by atoms with E-state index in [1.807, 2.05) is 12.2 Å². The highest BCUT2D eigenvalue weighted by atomic mass is 16.3. The van der Waals surface area contributed by atoms with Gasteiger partial charge >= 0.3 is 0 Å². The van der Waals surface area contributed by atoms with E-state index >= 15 is 0 Å². The Balaban J connectivity index is 1.54. The van der Waals surface area contributed by atoms with Crippen LogP contribution in [0.3, 0.4) is 0 Å². The van der Waals surface area contributed by atoms with Gasteiger partial charge in [-0.25, -0.2) is 0 Å². The number of carbonyl (C=O) groups is 2. The van der Waals surface area contributed by atoms with Crippen molar-refractivity contribution < 1.29 is 14.7 Å². The molecule has 0 aromatic rings. The van der Waals surface area contributed by atoms with Crippen LogP contribution in [0.15, 0.2) is 12.2 Å². The number of amides is 2. The maximum Gasteiger partial charge on any atom is 0.233 e. The van der Waals surface area contributed by atoms with Crippen LogP contribution in [0.25, 0.3) is 0 Å². The summed E-state index contributed by atoms with van der Waals surface area (Å²) in [5, 5.41) is 10.3. The van der Waals surface area contributed by atoms with Crippen LogP contribution in [-0.4, -0.2) is 59.0 Å². The van der Waals surface area contributed by atoms with Crippen LogP contribution < -0.4 is 0 Å². The summed E-state index contributed by atoms with van der Waals surface area (Å²) in [6.45, 7) is 4.95. The quantitative estimate of drug-likeness (QED) is 0.622. The zero-order valence-corrected chi connectivity index (χ0v) is 13.3. The van der Waals surface area contributed by atoms with Crippen LogP contribution in [0, 0.1) is 17.8 Å². The van der Waals surface area contributed by atoms with Crippen molar-refractivity contribution in [3.63, 3.8) is 0 Å². The van der Waals surface area contributed by atoms with E-state index < -0.39 is 6.10 Å². The number of rotatable bonds is 4. The second kappa shape index (κ2) is 6.50. The molecule has 2 aliphatic heterocycles. The molecule has 22 heavy (non-hydrogen) atoms. The van der Waals surface area contributed by atoms with E-state index in [-0.39, 0.29) is 30.2 Å². The topological polar surface area (TPSA) is 60.9 Å². The molecule has 3 aliphatic rings. The normalized spacial score (nSPS) is 31.6. The molecular formula is C17H26N2O3. The minimum absolute atomic E-state index is 0.0920. The van der Waals surface area contributed by atoms with Gasteiger partial charge in [0.05, 0.1) is 24.5 Å². The number of fused-ring (bicyclic) bond motifs is 1. The third kappa shape index (κ3) is 3.10. The molecule has 122 valence electrons. The van der Waals surface area contributed by atoms with Crippen LogP contribution in [0.2, 0.25) is 0 Å². The van der Waals surface area contributed by atoms with E-state index in [9.17, 15) is 14.7 Å². The van der Waals surface area contributed by atoms with Gasteiger partial charge in [0, 0.05) is 6.54 Å². The van der Waals surface area contributed by atoms with Gasteiger partial charge in [0.15, 0.2) is 0 Å². The second-order valence-electron chi connectivity index (χ2n) is 7.08. The number of piperidine rings is 1. The lowest BCUT2D eigenvalue weighted by atomic mass is 9.85. The van der Waals surface area contributed by atoms with E-state index in [0.717, 1.165) is 31.8 Å². The molecule has 0 aromatic heterocycles. The summed E-state index contributed by atoms with van der Waals surface area (Å²) in [4.78, 5) is 28.3. The van der Waals surface area contributed by atoms with E-state index in [0.29, 0.717) is 19.4 Å². The Hall–Kier alpha value is -1.20. The minimum atomic E-state index is -0.644. The molecule has 1 aliphatic carbocycles. The molecule has 2 fully saturated rings. The number of carbonyl (C=O) groups excluding carboxylic acids is 2. The van der Waals surface area contributed by atoms with E-state index in [1.54, 1.807) is 0 Å². The third-order valence-corrected chi connectivity index (χ3v) is 5.34. The maximum absolute atomic E-state index is 12.4. The Morgan fingerprint density at radius 2 is 1.64 bits per heavy atom. The highest BCUT2D eigenvalue weighted by Crippen LogP contribution is 2.35. The number of likely N-dealkylation sites (tertiary alicyclic amines) is 2. The first-order valence-electron chi connectivity index (χ1n) is 8.47. The number of allylic oxidation sites excluding steroid dienone is 2. The van der Waals surface area contributed by atoms with Crippen molar-refractivity contribution in [1.29, 1.82) is 0 Å². The van der Waals surface area contributed by atoms with E-state index in [2.05, 4.69) is 11.8 Å². The SMILES string of the molecule is CC1CCN(C[C@@H](O)CN2C(=O)[C@H]3CC=CC[C@H]3C2=O)CC1. The number of imide groups is 1. The molecule has 0 radical (unpaired) electrons.